The Morgan fingerprint density at radius 2 is 1.85 bits per heavy atom. The third-order valence-electron chi connectivity index (χ3n) is 3.95. The van der Waals surface area contributed by atoms with Crippen LogP contribution in [0.1, 0.15) is 25.3 Å². The molecule has 0 bridgehead atoms. The summed E-state index contributed by atoms with van der Waals surface area (Å²) >= 11 is 0. The molecule has 0 aromatic heterocycles. The zero-order chi connectivity index (χ0) is 14.2. The lowest BCUT2D eigenvalue weighted by atomic mass is 10.1. The molecule has 0 unspecified atom stereocenters. The third-order valence-corrected chi connectivity index (χ3v) is 3.95. The summed E-state index contributed by atoms with van der Waals surface area (Å²) in [6.45, 7) is 9.00. The Balaban J connectivity index is 1.76. The van der Waals surface area contributed by atoms with E-state index in [1.807, 2.05) is 0 Å². The number of aryl methyl sites for hydroxylation is 1. The largest absolute Gasteiger partial charge is 0.493 e. The molecule has 1 aliphatic rings. The van der Waals surface area contributed by atoms with Crippen LogP contribution >= 0.6 is 0 Å². The molecule has 0 aliphatic carbocycles. The number of hydrogen-bond donors (Lipinski definition) is 0. The van der Waals surface area contributed by atoms with E-state index in [0.717, 1.165) is 25.2 Å². The Morgan fingerprint density at radius 3 is 2.60 bits per heavy atom. The Morgan fingerprint density at radius 1 is 1.10 bits per heavy atom. The quantitative estimate of drug-likeness (QED) is 0.761. The van der Waals surface area contributed by atoms with Gasteiger partial charge in [0.2, 0.25) is 0 Å². The summed E-state index contributed by atoms with van der Waals surface area (Å²) in [4.78, 5) is 4.99. The standard InChI is InChI=1S/C17H28N2O/c1-3-15-20-17-9-5-4-7-16(17)8-6-10-19-13-11-18(2)12-14-19/h4-5,7,9H,3,6,8,10-15H2,1-2H3. The molecular weight excluding hydrogens is 248 g/mol. The van der Waals surface area contributed by atoms with Crippen molar-refractivity contribution in [3.8, 4) is 5.75 Å². The van der Waals surface area contributed by atoms with E-state index < -0.39 is 0 Å². The fourth-order valence-electron chi connectivity index (χ4n) is 2.63. The first kappa shape index (κ1) is 15.3. The zero-order valence-corrected chi connectivity index (χ0v) is 13.0. The molecule has 1 aliphatic heterocycles. The van der Waals surface area contributed by atoms with Crippen molar-refractivity contribution < 1.29 is 4.74 Å². The molecule has 1 aromatic rings. The molecule has 1 aromatic carbocycles. The first-order valence-electron chi connectivity index (χ1n) is 7.91. The van der Waals surface area contributed by atoms with Crippen molar-refractivity contribution >= 4 is 0 Å². The SMILES string of the molecule is CCCOc1ccccc1CCCN1CCN(C)CC1. The highest BCUT2D eigenvalue weighted by atomic mass is 16.5. The highest BCUT2D eigenvalue weighted by molar-refractivity contribution is 5.33. The minimum Gasteiger partial charge on any atom is -0.493 e. The molecule has 1 heterocycles. The summed E-state index contributed by atoms with van der Waals surface area (Å²) in [5.41, 5.74) is 1.36. The molecule has 1 saturated heterocycles. The summed E-state index contributed by atoms with van der Waals surface area (Å²) in [5, 5.41) is 0. The third kappa shape index (κ3) is 4.80. The van der Waals surface area contributed by atoms with E-state index in [4.69, 9.17) is 4.74 Å². The van der Waals surface area contributed by atoms with Gasteiger partial charge in [-0.15, -0.1) is 0 Å². The summed E-state index contributed by atoms with van der Waals surface area (Å²) in [6, 6.07) is 8.48. The molecule has 0 amide bonds. The topological polar surface area (TPSA) is 15.7 Å². The van der Waals surface area contributed by atoms with Crippen LogP contribution in [-0.4, -0.2) is 56.2 Å². The number of benzene rings is 1. The maximum absolute atomic E-state index is 5.82. The summed E-state index contributed by atoms with van der Waals surface area (Å²) in [7, 11) is 2.21. The van der Waals surface area contributed by atoms with Gasteiger partial charge in [-0.3, -0.25) is 0 Å². The lowest BCUT2D eigenvalue weighted by Gasteiger charge is -2.32. The van der Waals surface area contributed by atoms with Crippen LogP contribution in [0, 0.1) is 0 Å². The number of rotatable bonds is 7. The Kier molecular flexibility index (Phi) is 6.34. The second kappa shape index (κ2) is 8.28. The van der Waals surface area contributed by atoms with E-state index in [1.54, 1.807) is 0 Å². The molecule has 0 saturated carbocycles. The number of nitrogens with zero attached hydrogens (tertiary/aromatic N) is 2. The van der Waals surface area contributed by atoms with Gasteiger partial charge in [-0.05, 0) is 44.5 Å². The van der Waals surface area contributed by atoms with E-state index >= 15 is 0 Å². The monoisotopic (exact) mass is 276 g/mol. The predicted molar refractivity (Wildman–Crippen MR) is 84.5 cm³/mol. The first-order valence-corrected chi connectivity index (χ1v) is 7.91. The molecule has 1 fully saturated rings. The van der Waals surface area contributed by atoms with Gasteiger partial charge in [-0.2, -0.15) is 0 Å². The molecule has 2 rings (SSSR count). The van der Waals surface area contributed by atoms with Crippen molar-refractivity contribution in [2.24, 2.45) is 0 Å². The molecule has 3 heteroatoms. The highest BCUT2D eigenvalue weighted by Gasteiger charge is 2.13. The Hall–Kier alpha value is -1.06. The smallest absolute Gasteiger partial charge is 0.122 e. The molecule has 0 radical (unpaired) electrons. The van der Waals surface area contributed by atoms with Crippen molar-refractivity contribution in [3.63, 3.8) is 0 Å². The average Bonchev–Trinajstić information content (AvgIpc) is 2.48. The van der Waals surface area contributed by atoms with Gasteiger partial charge in [-0.1, -0.05) is 25.1 Å². The van der Waals surface area contributed by atoms with Crippen LogP contribution in [0.15, 0.2) is 24.3 Å². The van der Waals surface area contributed by atoms with Crippen LogP contribution in [-0.2, 0) is 6.42 Å². The van der Waals surface area contributed by atoms with E-state index in [2.05, 4.69) is 48.0 Å². The second-order valence-electron chi connectivity index (χ2n) is 5.70. The van der Waals surface area contributed by atoms with Crippen molar-refractivity contribution in [2.75, 3.05) is 46.4 Å². The summed E-state index contributed by atoms with van der Waals surface area (Å²) in [5.74, 6) is 1.08. The van der Waals surface area contributed by atoms with Gasteiger partial charge in [0.25, 0.3) is 0 Å². The van der Waals surface area contributed by atoms with Crippen LogP contribution in [0.3, 0.4) is 0 Å². The number of piperazine rings is 1. The normalized spacial score (nSPS) is 17.3. The molecule has 0 N–H and O–H groups in total. The number of likely N-dealkylation sites (N-methyl/N-ethyl adjacent to an activating group) is 1. The van der Waals surface area contributed by atoms with Crippen LogP contribution in [0.25, 0.3) is 0 Å². The number of hydrogen-bond acceptors (Lipinski definition) is 3. The van der Waals surface area contributed by atoms with Crippen molar-refractivity contribution in [2.45, 2.75) is 26.2 Å². The molecule has 0 atom stereocenters. The van der Waals surface area contributed by atoms with Gasteiger partial charge < -0.3 is 14.5 Å². The van der Waals surface area contributed by atoms with Crippen LogP contribution in [0.5, 0.6) is 5.75 Å². The fraction of sp³-hybridized carbons (Fsp3) is 0.647. The second-order valence-corrected chi connectivity index (χ2v) is 5.70. The average molecular weight is 276 g/mol. The van der Waals surface area contributed by atoms with E-state index in [9.17, 15) is 0 Å². The minimum absolute atomic E-state index is 0.815. The Bertz CT molecular complexity index is 386. The number of para-hydroxylation sites is 1. The van der Waals surface area contributed by atoms with Gasteiger partial charge in [0.15, 0.2) is 0 Å². The van der Waals surface area contributed by atoms with Crippen molar-refractivity contribution in [3.05, 3.63) is 29.8 Å². The summed E-state index contributed by atoms with van der Waals surface area (Å²) < 4.78 is 5.82. The fourth-order valence-corrected chi connectivity index (χ4v) is 2.63. The van der Waals surface area contributed by atoms with Gasteiger partial charge in [-0.25, -0.2) is 0 Å². The Labute approximate surface area is 123 Å². The molecule has 20 heavy (non-hydrogen) atoms. The van der Waals surface area contributed by atoms with Crippen LogP contribution in [0.4, 0.5) is 0 Å². The lowest BCUT2D eigenvalue weighted by Crippen LogP contribution is -2.44. The maximum Gasteiger partial charge on any atom is 0.122 e. The van der Waals surface area contributed by atoms with Gasteiger partial charge >= 0.3 is 0 Å². The van der Waals surface area contributed by atoms with Gasteiger partial charge in [0, 0.05) is 26.2 Å². The van der Waals surface area contributed by atoms with Gasteiger partial charge in [0.05, 0.1) is 6.61 Å². The van der Waals surface area contributed by atoms with E-state index in [1.165, 1.54) is 44.7 Å². The molecular formula is C17H28N2O. The van der Waals surface area contributed by atoms with Crippen LogP contribution < -0.4 is 4.74 Å². The predicted octanol–water partition coefficient (Wildman–Crippen LogP) is 2.66. The van der Waals surface area contributed by atoms with Crippen molar-refractivity contribution in [1.29, 1.82) is 0 Å². The number of ether oxygens (including phenoxy) is 1. The lowest BCUT2D eigenvalue weighted by molar-refractivity contribution is 0.153. The first-order chi connectivity index (χ1) is 9.79. The van der Waals surface area contributed by atoms with E-state index in [0.29, 0.717) is 0 Å². The molecule has 112 valence electrons. The van der Waals surface area contributed by atoms with E-state index in [-0.39, 0.29) is 0 Å². The minimum atomic E-state index is 0.815. The van der Waals surface area contributed by atoms with Gasteiger partial charge in [0.1, 0.15) is 5.75 Å². The van der Waals surface area contributed by atoms with Crippen molar-refractivity contribution in [1.82, 2.24) is 9.80 Å². The highest BCUT2D eigenvalue weighted by Crippen LogP contribution is 2.20. The summed E-state index contributed by atoms with van der Waals surface area (Å²) in [6.07, 6.45) is 3.40. The van der Waals surface area contributed by atoms with Crippen LogP contribution in [0.2, 0.25) is 0 Å². The maximum atomic E-state index is 5.82. The molecule has 3 nitrogen and oxygen atoms in total. The zero-order valence-electron chi connectivity index (χ0n) is 13.0. The molecule has 0 spiro atoms.